The van der Waals surface area contributed by atoms with Crippen molar-refractivity contribution in [3.63, 3.8) is 0 Å². The Kier molecular flexibility index (Phi) is 6.56. The molecule has 0 radical (unpaired) electrons. The highest BCUT2D eigenvalue weighted by Crippen LogP contribution is 2.21. The topological polar surface area (TPSA) is 41.1 Å². The molecule has 0 spiro atoms. The zero-order valence-corrected chi connectivity index (χ0v) is 13.6. The molecule has 0 fully saturated rings. The third-order valence-corrected chi connectivity index (χ3v) is 3.73. The van der Waals surface area contributed by atoms with Crippen LogP contribution in [0.2, 0.25) is 10.0 Å². The number of halogens is 2. The van der Waals surface area contributed by atoms with Crippen LogP contribution in [0.15, 0.2) is 48.5 Å². The SMILES string of the molecule is O=C(Cc1ccc(Cl)cc1Cl)NCCCNc1ccccc1. The molecule has 5 heteroatoms. The Morgan fingerprint density at radius 1 is 1.00 bits per heavy atom. The van der Waals surface area contributed by atoms with Crippen molar-refractivity contribution in [2.75, 3.05) is 18.4 Å². The summed E-state index contributed by atoms with van der Waals surface area (Å²) in [5, 5.41) is 7.28. The number of anilines is 1. The first-order valence-electron chi connectivity index (χ1n) is 7.15. The summed E-state index contributed by atoms with van der Waals surface area (Å²) in [5.41, 5.74) is 1.87. The van der Waals surface area contributed by atoms with Gasteiger partial charge in [-0.05, 0) is 36.2 Å². The smallest absolute Gasteiger partial charge is 0.224 e. The highest BCUT2D eigenvalue weighted by atomic mass is 35.5. The van der Waals surface area contributed by atoms with E-state index in [1.54, 1.807) is 18.2 Å². The number of hydrogen-bond donors (Lipinski definition) is 2. The van der Waals surface area contributed by atoms with E-state index in [0.29, 0.717) is 16.6 Å². The fourth-order valence-corrected chi connectivity index (χ4v) is 2.48. The molecular formula is C17H18Cl2N2O. The van der Waals surface area contributed by atoms with Crippen molar-refractivity contribution in [2.45, 2.75) is 12.8 Å². The second-order valence-corrected chi connectivity index (χ2v) is 5.75. The largest absolute Gasteiger partial charge is 0.385 e. The van der Waals surface area contributed by atoms with Crippen LogP contribution in [0.25, 0.3) is 0 Å². The molecular weight excluding hydrogens is 319 g/mol. The van der Waals surface area contributed by atoms with Gasteiger partial charge in [0, 0.05) is 28.8 Å². The zero-order chi connectivity index (χ0) is 15.8. The van der Waals surface area contributed by atoms with Crippen molar-refractivity contribution >= 4 is 34.8 Å². The number of rotatable bonds is 7. The van der Waals surface area contributed by atoms with Crippen molar-refractivity contribution < 1.29 is 4.79 Å². The Morgan fingerprint density at radius 2 is 1.77 bits per heavy atom. The lowest BCUT2D eigenvalue weighted by Gasteiger charge is -2.08. The first kappa shape index (κ1) is 16.7. The van der Waals surface area contributed by atoms with Crippen molar-refractivity contribution in [2.24, 2.45) is 0 Å². The van der Waals surface area contributed by atoms with Crippen LogP contribution in [0.4, 0.5) is 5.69 Å². The maximum atomic E-state index is 11.9. The van der Waals surface area contributed by atoms with Crippen LogP contribution >= 0.6 is 23.2 Å². The molecule has 2 rings (SSSR count). The molecule has 0 bridgehead atoms. The molecule has 0 aliphatic rings. The number of nitrogens with one attached hydrogen (secondary N) is 2. The second-order valence-electron chi connectivity index (χ2n) is 4.91. The lowest BCUT2D eigenvalue weighted by atomic mass is 10.1. The molecule has 2 N–H and O–H groups in total. The Hall–Kier alpha value is -1.71. The van der Waals surface area contributed by atoms with E-state index in [0.717, 1.165) is 24.2 Å². The van der Waals surface area contributed by atoms with Gasteiger partial charge in [0.15, 0.2) is 0 Å². The number of carbonyl (C=O) groups is 1. The Balaban J connectivity index is 1.65. The van der Waals surface area contributed by atoms with Gasteiger partial charge in [-0.3, -0.25) is 4.79 Å². The number of carbonyl (C=O) groups excluding carboxylic acids is 1. The molecule has 3 nitrogen and oxygen atoms in total. The molecule has 0 unspecified atom stereocenters. The van der Waals surface area contributed by atoms with Gasteiger partial charge in [0.25, 0.3) is 0 Å². The summed E-state index contributed by atoms with van der Waals surface area (Å²) in [6.45, 7) is 1.44. The molecule has 2 aromatic carbocycles. The van der Waals surface area contributed by atoms with E-state index in [-0.39, 0.29) is 12.3 Å². The Morgan fingerprint density at radius 3 is 2.50 bits per heavy atom. The van der Waals surface area contributed by atoms with E-state index in [9.17, 15) is 4.79 Å². The predicted molar refractivity (Wildman–Crippen MR) is 92.7 cm³/mol. The van der Waals surface area contributed by atoms with E-state index in [1.807, 2.05) is 30.3 Å². The van der Waals surface area contributed by atoms with Crippen LogP contribution in [-0.4, -0.2) is 19.0 Å². The minimum Gasteiger partial charge on any atom is -0.385 e. The summed E-state index contributed by atoms with van der Waals surface area (Å²) < 4.78 is 0. The molecule has 0 aliphatic carbocycles. The number of amides is 1. The van der Waals surface area contributed by atoms with Crippen molar-refractivity contribution in [1.29, 1.82) is 0 Å². The van der Waals surface area contributed by atoms with Crippen LogP contribution < -0.4 is 10.6 Å². The molecule has 22 heavy (non-hydrogen) atoms. The second kappa shape index (κ2) is 8.66. The first-order valence-corrected chi connectivity index (χ1v) is 7.90. The molecule has 1 amide bonds. The molecule has 0 atom stereocenters. The van der Waals surface area contributed by atoms with Gasteiger partial charge in [-0.25, -0.2) is 0 Å². The highest BCUT2D eigenvalue weighted by molar-refractivity contribution is 6.35. The van der Waals surface area contributed by atoms with Gasteiger partial charge in [-0.2, -0.15) is 0 Å². The normalized spacial score (nSPS) is 10.3. The van der Waals surface area contributed by atoms with Gasteiger partial charge < -0.3 is 10.6 Å². The lowest BCUT2D eigenvalue weighted by Crippen LogP contribution is -2.27. The number of benzene rings is 2. The molecule has 0 heterocycles. The van der Waals surface area contributed by atoms with Gasteiger partial charge in [-0.1, -0.05) is 47.5 Å². The van der Waals surface area contributed by atoms with Gasteiger partial charge in [0.05, 0.1) is 6.42 Å². The Bertz CT molecular complexity index is 617. The third-order valence-electron chi connectivity index (χ3n) is 3.14. The lowest BCUT2D eigenvalue weighted by molar-refractivity contribution is -0.120. The number of hydrogen-bond acceptors (Lipinski definition) is 2. The highest BCUT2D eigenvalue weighted by Gasteiger charge is 2.07. The predicted octanol–water partition coefficient (Wildman–Crippen LogP) is 4.15. The average molecular weight is 337 g/mol. The van der Waals surface area contributed by atoms with Crippen LogP contribution in [0.1, 0.15) is 12.0 Å². The quantitative estimate of drug-likeness (QED) is 0.745. The zero-order valence-electron chi connectivity index (χ0n) is 12.1. The standard InChI is InChI=1S/C17H18Cl2N2O/c18-14-8-7-13(16(19)12-14)11-17(22)21-10-4-9-20-15-5-2-1-3-6-15/h1-3,5-8,12,20H,4,9-11H2,(H,21,22). The minimum absolute atomic E-state index is 0.0380. The maximum Gasteiger partial charge on any atom is 0.224 e. The van der Waals surface area contributed by atoms with E-state index in [1.165, 1.54) is 0 Å². The van der Waals surface area contributed by atoms with Gasteiger partial charge in [-0.15, -0.1) is 0 Å². The molecule has 0 saturated heterocycles. The third kappa shape index (κ3) is 5.58. The first-order chi connectivity index (χ1) is 10.6. The Labute approximate surface area is 140 Å². The van der Waals surface area contributed by atoms with Crippen LogP contribution in [0.3, 0.4) is 0 Å². The molecule has 0 aliphatic heterocycles. The molecule has 2 aromatic rings. The summed E-state index contributed by atoms with van der Waals surface area (Å²) in [6, 6.07) is 15.1. The van der Waals surface area contributed by atoms with E-state index in [2.05, 4.69) is 10.6 Å². The number of para-hydroxylation sites is 1. The van der Waals surface area contributed by atoms with E-state index in [4.69, 9.17) is 23.2 Å². The summed E-state index contributed by atoms with van der Waals surface area (Å²) in [6.07, 6.45) is 1.12. The monoisotopic (exact) mass is 336 g/mol. The van der Waals surface area contributed by atoms with Crippen molar-refractivity contribution in [3.05, 3.63) is 64.1 Å². The summed E-state index contributed by atoms with van der Waals surface area (Å²) in [7, 11) is 0. The van der Waals surface area contributed by atoms with Gasteiger partial charge in [0.1, 0.15) is 0 Å². The fourth-order valence-electron chi connectivity index (χ4n) is 2.01. The van der Waals surface area contributed by atoms with Crippen LogP contribution in [-0.2, 0) is 11.2 Å². The maximum absolute atomic E-state index is 11.9. The average Bonchev–Trinajstić information content (AvgIpc) is 2.51. The van der Waals surface area contributed by atoms with Crippen LogP contribution in [0.5, 0.6) is 0 Å². The van der Waals surface area contributed by atoms with Crippen molar-refractivity contribution in [1.82, 2.24) is 5.32 Å². The minimum atomic E-state index is -0.0380. The summed E-state index contributed by atoms with van der Waals surface area (Å²) >= 11 is 11.9. The van der Waals surface area contributed by atoms with Crippen LogP contribution in [0, 0.1) is 0 Å². The van der Waals surface area contributed by atoms with Gasteiger partial charge in [0.2, 0.25) is 5.91 Å². The molecule has 0 saturated carbocycles. The molecule has 116 valence electrons. The summed E-state index contributed by atoms with van der Waals surface area (Å²) in [4.78, 5) is 11.9. The van der Waals surface area contributed by atoms with Gasteiger partial charge >= 0.3 is 0 Å². The summed E-state index contributed by atoms with van der Waals surface area (Å²) in [5.74, 6) is -0.0380. The van der Waals surface area contributed by atoms with Crippen molar-refractivity contribution in [3.8, 4) is 0 Å². The fraction of sp³-hybridized carbons (Fsp3) is 0.235. The van der Waals surface area contributed by atoms with E-state index < -0.39 is 0 Å². The molecule has 0 aromatic heterocycles. The van der Waals surface area contributed by atoms with E-state index >= 15 is 0 Å².